The van der Waals surface area contributed by atoms with Gasteiger partial charge >= 0.3 is 11.9 Å². The summed E-state index contributed by atoms with van der Waals surface area (Å²) in [5.41, 5.74) is 13.2. The molecule has 8 aromatic rings. The van der Waals surface area contributed by atoms with Gasteiger partial charge in [0.1, 0.15) is 36.9 Å². The number of nitrogens with one attached hydrogen (secondary N) is 4. The van der Waals surface area contributed by atoms with Crippen LogP contribution in [0.2, 0.25) is 0 Å². The molecule has 2 aromatic heterocycles. The van der Waals surface area contributed by atoms with Crippen LogP contribution in [-0.4, -0.2) is 69.5 Å². The molecule has 0 spiro atoms. The number of rotatable bonds is 23. The second-order valence-corrected chi connectivity index (χ2v) is 21.0. The Hall–Kier alpha value is -7.88. The first-order chi connectivity index (χ1) is 38.9. The number of H-pyrrole nitrogens is 2. The van der Waals surface area contributed by atoms with Gasteiger partial charge in [-0.1, -0.05) is 125 Å². The van der Waals surface area contributed by atoms with E-state index in [2.05, 4.69) is 72.6 Å². The Kier molecular flexibility index (Phi) is 17.4. The van der Waals surface area contributed by atoms with Gasteiger partial charge in [-0.25, -0.2) is 9.59 Å². The summed E-state index contributed by atoms with van der Waals surface area (Å²) in [6, 6.07) is 41.3. The summed E-state index contributed by atoms with van der Waals surface area (Å²) in [6.07, 6.45) is -0.226. The molecule has 14 nitrogen and oxygen atoms in total. The smallest absolute Gasteiger partial charge is 0.339 e. The summed E-state index contributed by atoms with van der Waals surface area (Å²) in [4.78, 5) is 60.3. The normalized spacial score (nSPS) is 14.8. The van der Waals surface area contributed by atoms with E-state index in [0.717, 1.165) is 62.5 Å². The van der Waals surface area contributed by atoms with Gasteiger partial charge in [-0.3, -0.25) is 9.59 Å². The second-order valence-electron chi connectivity index (χ2n) is 21.0. The van der Waals surface area contributed by atoms with E-state index in [4.69, 9.17) is 18.9 Å². The van der Waals surface area contributed by atoms with Crippen LogP contribution >= 0.6 is 0 Å². The number of benzene rings is 6. The van der Waals surface area contributed by atoms with Crippen molar-refractivity contribution in [2.24, 2.45) is 0 Å². The summed E-state index contributed by atoms with van der Waals surface area (Å²) < 4.78 is 24.9. The minimum absolute atomic E-state index is 0.0157. The molecule has 0 fully saturated rings. The predicted molar refractivity (Wildman–Crippen MR) is 309 cm³/mol. The molecule has 2 aliphatic carbocycles. The molecule has 6 aromatic carbocycles. The maximum Gasteiger partial charge on any atom is 0.339 e. The van der Waals surface area contributed by atoms with Crippen molar-refractivity contribution in [3.8, 4) is 11.5 Å². The summed E-state index contributed by atoms with van der Waals surface area (Å²) in [5, 5.41) is 31.7. The van der Waals surface area contributed by atoms with Gasteiger partial charge in [0.25, 0.3) is 0 Å². The van der Waals surface area contributed by atoms with E-state index >= 15 is 0 Å². The predicted octanol–water partition coefficient (Wildman–Crippen LogP) is 8.88. The number of aromatic nitrogens is 2. The number of ether oxygens (including phenoxy) is 4. The van der Waals surface area contributed by atoms with Gasteiger partial charge in [0.05, 0.1) is 11.0 Å². The average molecular weight is 1080 g/mol. The van der Waals surface area contributed by atoms with Crippen LogP contribution < -0.4 is 31.2 Å². The van der Waals surface area contributed by atoms with Crippen molar-refractivity contribution in [1.29, 1.82) is 0 Å². The molecule has 0 unspecified atom stereocenters. The number of hydrogen-bond acceptors (Lipinski definition) is 12. The fourth-order valence-corrected chi connectivity index (χ4v) is 11.6. The minimum Gasteiger partial charge on any atom is -0.487 e. The lowest BCUT2D eigenvalue weighted by Gasteiger charge is -2.26. The van der Waals surface area contributed by atoms with Crippen LogP contribution in [0.4, 0.5) is 0 Å². The van der Waals surface area contributed by atoms with Gasteiger partial charge in [-0.05, 0) is 131 Å². The van der Waals surface area contributed by atoms with Crippen LogP contribution in [0.15, 0.2) is 143 Å². The highest BCUT2D eigenvalue weighted by Crippen LogP contribution is 2.36. The molecule has 0 bridgehead atoms. The third kappa shape index (κ3) is 12.4. The summed E-state index contributed by atoms with van der Waals surface area (Å²) in [6.45, 7) is 9.25. The largest absolute Gasteiger partial charge is 0.487 e. The lowest BCUT2D eigenvalue weighted by atomic mass is 9.97. The van der Waals surface area contributed by atoms with Crippen LogP contribution in [0, 0.1) is 0 Å². The Morgan fingerprint density at radius 1 is 0.500 bits per heavy atom. The molecule has 0 radical (unpaired) electrons. The molecule has 414 valence electrons. The molecule has 0 aliphatic heterocycles. The maximum atomic E-state index is 14.4. The second kappa shape index (κ2) is 25.1. The Bertz CT molecular complexity index is 3330. The SMILES string of the molecule is CCc1cc2c(cc1CC)CC(NC[C@H](OC(=O)[C@H](O)[C@@H](O)C(=O)O[C@@H](CNC1Cc3cc(CC)c(CC)cc3C1)c1ccc(OCc3ccccc3)c3[nH]c(=O)ccc13)c1ccc(OCc3ccccc3)c3[nH]c(=O)ccc13)C2. The molecule has 6 N–H and O–H groups in total. The number of aliphatic hydroxyl groups excluding tert-OH is 2. The van der Waals surface area contributed by atoms with E-state index in [1.165, 1.54) is 56.6 Å². The van der Waals surface area contributed by atoms with Crippen molar-refractivity contribution in [2.45, 2.75) is 129 Å². The fraction of sp³-hybridized carbons (Fsp3) is 0.333. The van der Waals surface area contributed by atoms with E-state index < -0.39 is 36.4 Å². The number of carbonyl (C=O) groups is 2. The number of aryl methyl sites for hydroxylation is 4. The monoisotopic (exact) mass is 1080 g/mol. The van der Waals surface area contributed by atoms with Crippen molar-refractivity contribution < 1.29 is 38.7 Å². The van der Waals surface area contributed by atoms with Crippen LogP contribution in [0.3, 0.4) is 0 Å². The molecule has 0 amide bonds. The molecule has 80 heavy (non-hydrogen) atoms. The average Bonchev–Trinajstić information content (AvgIpc) is 4.15. The van der Waals surface area contributed by atoms with Gasteiger partial charge in [-0.2, -0.15) is 0 Å². The van der Waals surface area contributed by atoms with E-state index in [9.17, 15) is 29.4 Å². The number of carbonyl (C=O) groups excluding carboxylic acids is 2. The van der Waals surface area contributed by atoms with Crippen LogP contribution in [-0.2, 0) is 83.6 Å². The van der Waals surface area contributed by atoms with Gasteiger partial charge in [-0.15, -0.1) is 0 Å². The zero-order chi connectivity index (χ0) is 55.9. The van der Waals surface area contributed by atoms with Crippen LogP contribution in [0.5, 0.6) is 11.5 Å². The minimum atomic E-state index is -2.37. The van der Waals surface area contributed by atoms with E-state index in [1.54, 1.807) is 36.4 Å². The highest BCUT2D eigenvalue weighted by Gasteiger charge is 2.38. The van der Waals surface area contributed by atoms with Crippen molar-refractivity contribution in [3.63, 3.8) is 0 Å². The zero-order valence-corrected chi connectivity index (χ0v) is 45.8. The lowest BCUT2D eigenvalue weighted by Crippen LogP contribution is -2.44. The molecule has 10 rings (SSSR count). The molecule has 2 aliphatic rings. The number of fused-ring (bicyclic) bond motifs is 4. The van der Waals surface area contributed by atoms with Gasteiger partial charge in [0.15, 0.2) is 12.2 Å². The van der Waals surface area contributed by atoms with Crippen LogP contribution in [0.25, 0.3) is 21.8 Å². The maximum absolute atomic E-state index is 14.4. The molecule has 0 saturated heterocycles. The van der Waals surface area contributed by atoms with Crippen molar-refractivity contribution >= 4 is 33.7 Å². The molecular formula is C66H70N4O10. The van der Waals surface area contributed by atoms with E-state index in [1.807, 2.05) is 60.7 Å². The Labute approximate surface area is 465 Å². The lowest BCUT2D eigenvalue weighted by molar-refractivity contribution is -0.179. The topological polar surface area (TPSA) is 201 Å². The first-order valence-electron chi connectivity index (χ1n) is 28.1. The van der Waals surface area contributed by atoms with Crippen molar-refractivity contribution in [2.75, 3.05) is 13.1 Å². The molecular weight excluding hydrogens is 1010 g/mol. The highest BCUT2D eigenvalue weighted by atomic mass is 16.6. The number of aromatic amines is 2. The van der Waals surface area contributed by atoms with Crippen molar-refractivity contribution in [1.82, 2.24) is 20.6 Å². The summed E-state index contributed by atoms with van der Waals surface area (Å²) in [5.74, 6) is -1.73. The van der Waals surface area contributed by atoms with Gasteiger partial charge in [0, 0.05) is 59.2 Å². The number of pyridine rings is 2. The van der Waals surface area contributed by atoms with E-state index in [0.29, 0.717) is 44.4 Å². The molecule has 2 heterocycles. The summed E-state index contributed by atoms with van der Waals surface area (Å²) in [7, 11) is 0. The standard InChI is InChI=1S/C66H70N4O10/c1-5-41-27-45-31-49(32-46(45)28-42(41)6-2)67-35-57(51-19-23-55(61-53(51)21-25-59(71)69-61)77-37-39-15-11-9-12-16-39)79-65(75)63(73)64(74)66(76)80-58(36-68-50-33-47-29-43(7-3)44(8-4)30-48(47)34-50)52-20-24-56(62-54(52)22-26-60(72)70-62)78-38-40-17-13-10-14-18-40/h9-30,49-50,57-58,63-64,67-68,73-74H,5-8,31-38H2,1-4H3,(H,69,71)(H,70,72)/t57-,58-,63+,64+/m0/s1. The van der Waals surface area contributed by atoms with Gasteiger partial charge < -0.3 is 49.8 Å². The number of aliphatic hydroxyl groups is 2. The third-order valence-electron chi connectivity index (χ3n) is 15.9. The van der Waals surface area contributed by atoms with Crippen molar-refractivity contribution in [3.05, 3.63) is 221 Å². The Morgan fingerprint density at radius 2 is 0.850 bits per heavy atom. The van der Waals surface area contributed by atoms with Gasteiger partial charge in [0.2, 0.25) is 11.1 Å². The quantitative estimate of drug-likeness (QED) is 0.0333. The fourth-order valence-electron chi connectivity index (χ4n) is 11.6. The first-order valence-corrected chi connectivity index (χ1v) is 28.1. The van der Waals surface area contributed by atoms with E-state index in [-0.39, 0.29) is 49.5 Å². The molecule has 0 saturated carbocycles. The Morgan fingerprint density at radius 3 is 1.19 bits per heavy atom. The van der Waals surface area contributed by atoms with Crippen LogP contribution in [0.1, 0.15) is 107 Å². The number of hydrogen-bond donors (Lipinski definition) is 6. The first kappa shape index (κ1) is 55.4. The number of esters is 2. The zero-order valence-electron chi connectivity index (χ0n) is 45.8. The molecule has 4 atom stereocenters. The third-order valence-corrected chi connectivity index (χ3v) is 15.9. The highest BCUT2D eigenvalue weighted by molar-refractivity contribution is 5.90. The summed E-state index contributed by atoms with van der Waals surface area (Å²) >= 11 is 0. The Balaban J connectivity index is 0.917. The molecule has 14 heteroatoms.